The van der Waals surface area contributed by atoms with E-state index in [0.29, 0.717) is 30.8 Å². The second-order valence-corrected chi connectivity index (χ2v) is 6.29. The lowest BCUT2D eigenvalue weighted by molar-refractivity contribution is -0.117. The molecule has 1 fully saturated rings. The second-order valence-electron chi connectivity index (χ2n) is 6.29. The first-order valence-corrected chi connectivity index (χ1v) is 8.89. The molecular weight excluding hydrogens is 332 g/mol. The monoisotopic (exact) mass is 358 g/mol. The minimum absolute atomic E-state index is 0.0884. The summed E-state index contributed by atoms with van der Waals surface area (Å²) in [5, 5.41) is 11.7. The predicted molar refractivity (Wildman–Crippen MR) is 99.0 cm³/mol. The minimum atomic E-state index is -0.182. The molecule has 0 bridgehead atoms. The lowest BCUT2D eigenvalue weighted by atomic mass is 10.1. The fourth-order valence-corrected chi connectivity index (χ4v) is 2.88. The molecule has 0 atom stereocenters. The average molecular weight is 358 g/mol. The number of nitriles is 1. The Labute approximate surface area is 154 Å². The summed E-state index contributed by atoms with van der Waals surface area (Å²) in [6.45, 7) is 7.03. The maximum Gasteiger partial charge on any atom is 0.238 e. The standard InChI is InChI=1S/C19H26N4O3/c1-16(24)17-5-2-3-6-18(17)21-19(25)15-23(8-4-7-20)10-9-22-11-13-26-14-12-22/h2-3,5-6H,4,8-15H2,1H3,(H,21,25). The SMILES string of the molecule is CC(=O)c1ccccc1NC(=O)CN(CCC#N)CCN1CCOCC1. The maximum absolute atomic E-state index is 12.4. The number of ether oxygens (including phenoxy) is 1. The van der Waals surface area contributed by atoms with Crippen LogP contribution in [0.3, 0.4) is 0 Å². The van der Waals surface area contributed by atoms with Gasteiger partial charge in [-0.3, -0.25) is 19.4 Å². The van der Waals surface area contributed by atoms with E-state index in [-0.39, 0.29) is 18.2 Å². The van der Waals surface area contributed by atoms with E-state index in [1.54, 1.807) is 24.3 Å². The van der Waals surface area contributed by atoms with Gasteiger partial charge in [0.1, 0.15) is 0 Å². The number of nitrogens with zero attached hydrogens (tertiary/aromatic N) is 3. The Morgan fingerprint density at radius 3 is 2.69 bits per heavy atom. The van der Waals surface area contributed by atoms with Gasteiger partial charge in [-0.15, -0.1) is 0 Å². The van der Waals surface area contributed by atoms with E-state index in [4.69, 9.17) is 10.00 Å². The molecule has 1 aliphatic heterocycles. The highest BCUT2D eigenvalue weighted by molar-refractivity contribution is 6.04. The van der Waals surface area contributed by atoms with Crippen LogP contribution < -0.4 is 5.32 Å². The molecule has 26 heavy (non-hydrogen) atoms. The van der Waals surface area contributed by atoms with Gasteiger partial charge < -0.3 is 10.1 Å². The third-order valence-corrected chi connectivity index (χ3v) is 4.32. The first-order valence-electron chi connectivity index (χ1n) is 8.89. The van der Waals surface area contributed by atoms with Gasteiger partial charge in [0.25, 0.3) is 0 Å². The molecule has 1 N–H and O–H groups in total. The third kappa shape index (κ3) is 6.56. The summed E-state index contributed by atoms with van der Waals surface area (Å²) in [5.74, 6) is -0.270. The first-order chi connectivity index (χ1) is 12.6. The molecule has 1 saturated heterocycles. The number of anilines is 1. The van der Waals surface area contributed by atoms with Gasteiger partial charge in [0.05, 0.1) is 31.5 Å². The lowest BCUT2D eigenvalue weighted by Gasteiger charge is -2.29. The number of carbonyl (C=O) groups excluding carboxylic acids is 2. The predicted octanol–water partition coefficient (Wildman–Crippen LogP) is 1.38. The Morgan fingerprint density at radius 1 is 1.27 bits per heavy atom. The Hall–Kier alpha value is -2.27. The zero-order valence-electron chi connectivity index (χ0n) is 15.2. The van der Waals surface area contributed by atoms with Gasteiger partial charge in [0.15, 0.2) is 5.78 Å². The largest absolute Gasteiger partial charge is 0.379 e. The number of ketones is 1. The third-order valence-electron chi connectivity index (χ3n) is 4.32. The van der Waals surface area contributed by atoms with Crippen molar-refractivity contribution in [2.24, 2.45) is 0 Å². The van der Waals surface area contributed by atoms with E-state index in [0.717, 1.165) is 32.8 Å². The molecule has 2 rings (SSSR count). The number of hydrogen-bond donors (Lipinski definition) is 1. The van der Waals surface area contributed by atoms with Crippen LogP contribution >= 0.6 is 0 Å². The van der Waals surface area contributed by atoms with Crippen LogP contribution in [0.2, 0.25) is 0 Å². The molecule has 1 aromatic rings. The quantitative estimate of drug-likeness (QED) is 0.671. The van der Waals surface area contributed by atoms with Crippen molar-refractivity contribution in [3.05, 3.63) is 29.8 Å². The summed E-state index contributed by atoms with van der Waals surface area (Å²) in [6, 6.07) is 9.11. The summed E-state index contributed by atoms with van der Waals surface area (Å²) in [5.41, 5.74) is 1.02. The topological polar surface area (TPSA) is 85.7 Å². The molecule has 1 aliphatic rings. The number of benzene rings is 1. The number of morpholine rings is 1. The van der Waals surface area contributed by atoms with Crippen LogP contribution in [-0.4, -0.2) is 74.0 Å². The zero-order valence-corrected chi connectivity index (χ0v) is 15.2. The summed E-state index contributed by atoms with van der Waals surface area (Å²) in [4.78, 5) is 28.4. The van der Waals surface area contributed by atoms with Crippen LogP contribution in [0.15, 0.2) is 24.3 Å². The van der Waals surface area contributed by atoms with Gasteiger partial charge in [-0.2, -0.15) is 5.26 Å². The smallest absolute Gasteiger partial charge is 0.238 e. The van der Waals surface area contributed by atoms with Crippen LogP contribution in [0.1, 0.15) is 23.7 Å². The second kappa shape index (κ2) is 10.7. The van der Waals surface area contributed by atoms with Crippen molar-refractivity contribution in [3.63, 3.8) is 0 Å². The van der Waals surface area contributed by atoms with E-state index in [1.165, 1.54) is 6.92 Å². The number of nitrogens with one attached hydrogen (secondary N) is 1. The van der Waals surface area contributed by atoms with Crippen molar-refractivity contribution in [3.8, 4) is 6.07 Å². The van der Waals surface area contributed by atoms with Gasteiger partial charge in [-0.25, -0.2) is 0 Å². The van der Waals surface area contributed by atoms with Crippen LogP contribution in [0.25, 0.3) is 0 Å². The highest BCUT2D eigenvalue weighted by atomic mass is 16.5. The Kier molecular flexibility index (Phi) is 8.22. The zero-order chi connectivity index (χ0) is 18.8. The van der Waals surface area contributed by atoms with Gasteiger partial charge in [0, 0.05) is 44.7 Å². The molecule has 1 amide bonds. The van der Waals surface area contributed by atoms with Crippen molar-refractivity contribution in [1.29, 1.82) is 5.26 Å². The number of hydrogen-bond acceptors (Lipinski definition) is 6. The van der Waals surface area contributed by atoms with E-state index in [2.05, 4.69) is 16.3 Å². The average Bonchev–Trinajstić information content (AvgIpc) is 2.65. The molecular formula is C19H26N4O3. The van der Waals surface area contributed by atoms with Crippen LogP contribution in [-0.2, 0) is 9.53 Å². The van der Waals surface area contributed by atoms with E-state index < -0.39 is 0 Å². The molecule has 140 valence electrons. The molecule has 1 heterocycles. The Bertz CT molecular complexity index is 650. The fourth-order valence-electron chi connectivity index (χ4n) is 2.88. The molecule has 0 aromatic heterocycles. The van der Waals surface area contributed by atoms with E-state index in [1.807, 2.05) is 4.90 Å². The molecule has 7 heteroatoms. The van der Waals surface area contributed by atoms with Crippen molar-refractivity contribution >= 4 is 17.4 Å². The van der Waals surface area contributed by atoms with Crippen molar-refractivity contribution in [2.45, 2.75) is 13.3 Å². The van der Waals surface area contributed by atoms with E-state index in [9.17, 15) is 9.59 Å². The van der Waals surface area contributed by atoms with Crippen LogP contribution in [0, 0.1) is 11.3 Å². The molecule has 0 radical (unpaired) electrons. The normalized spacial score (nSPS) is 14.8. The maximum atomic E-state index is 12.4. The van der Waals surface area contributed by atoms with Crippen LogP contribution in [0.5, 0.6) is 0 Å². The number of carbonyl (C=O) groups is 2. The molecule has 0 saturated carbocycles. The molecule has 0 aliphatic carbocycles. The highest BCUT2D eigenvalue weighted by Gasteiger charge is 2.16. The van der Waals surface area contributed by atoms with Gasteiger partial charge in [-0.1, -0.05) is 12.1 Å². The Balaban J connectivity index is 1.90. The van der Waals surface area contributed by atoms with Gasteiger partial charge >= 0.3 is 0 Å². The molecule has 7 nitrogen and oxygen atoms in total. The van der Waals surface area contributed by atoms with Gasteiger partial charge in [-0.05, 0) is 19.1 Å². The van der Waals surface area contributed by atoms with Crippen LogP contribution in [0.4, 0.5) is 5.69 Å². The molecule has 1 aromatic carbocycles. The molecule has 0 spiro atoms. The van der Waals surface area contributed by atoms with Crippen molar-refractivity contribution in [2.75, 3.05) is 57.8 Å². The fraction of sp³-hybridized carbons (Fsp3) is 0.526. The lowest BCUT2D eigenvalue weighted by Crippen LogP contribution is -2.43. The first kappa shape index (κ1) is 20.0. The van der Waals surface area contributed by atoms with E-state index >= 15 is 0 Å². The summed E-state index contributed by atoms with van der Waals surface area (Å²) < 4.78 is 5.34. The van der Waals surface area contributed by atoms with Crippen molar-refractivity contribution < 1.29 is 14.3 Å². The number of Topliss-reactive ketones (excluding diaryl/α,β-unsaturated/α-hetero) is 1. The van der Waals surface area contributed by atoms with Gasteiger partial charge in [0.2, 0.25) is 5.91 Å². The summed E-state index contributed by atoms with van der Waals surface area (Å²) in [7, 11) is 0. The number of rotatable bonds is 9. The minimum Gasteiger partial charge on any atom is -0.379 e. The van der Waals surface area contributed by atoms with Crippen molar-refractivity contribution in [1.82, 2.24) is 9.80 Å². The molecule has 0 unspecified atom stereocenters. The Morgan fingerprint density at radius 2 is 2.00 bits per heavy atom. The summed E-state index contributed by atoms with van der Waals surface area (Å²) >= 11 is 0. The number of para-hydroxylation sites is 1. The summed E-state index contributed by atoms with van der Waals surface area (Å²) in [6.07, 6.45) is 0.375. The highest BCUT2D eigenvalue weighted by Crippen LogP contribution is 2.15. The number of amides is 1.